The number of rotatable bonds is 3. The van der Waals surface area contributed by atoms with Crippen LogP contribution in [-0.2, 0) is 4.79 Å². The molecule has 8 heteroatoms. The first-order chi connectivity index (χ1) is 10.1. The van der Waals surface area contributed by atoms with E-state index in [0.29, 0.717) is 17.7 Å². The third-order valence-corrected chi connectivity index (χ3v) is 4.49. The summed E-state index contributed by atoms with van der Waals surface area (Å²) in [5, 5.41) is 14.9. The van der Waals surface area contributed by atoms with Crippen molar-refractivity contribution in [2.24, 2.45) is 5.92 Å². The monoisotopic (exact) mass is 309 g/mol. The molecule has 2 N–H and O–H groups in total. The van der Waals surface area contributed by atoms with Crippen LogP contribution in [0.3, 0.4) is 0 Å². The van der Waals surface area contributed by atoms with Crippen LogP contribution >= 0.6 is 11.3 Å². The van der Waals surface area contributed by atoms with Gasteiger partial charge >= 0.3 is 6.03 Å². The summed E-state index contributed by atoms with van der Waals surface area (Å²) in [6.07, 6.45) is 3.79. The second-order valence-electron chi connectivity index (χ2n) is 5.62. The molecular formula is C13H19N5O2S. The minimum atomic E-state index is -0.173. The summed E-state index contributed by atoms with van der Waals surface area (Å²) in [7, 11) is 0. The molecule has 0 spiro atoms. The van der Waals surface area contributed by atoms with Gasteiger partial charge in [0.05, 0.1) is 5.92 Å². The third kappa shape index (κ3) is 3.69. The maximum Gasteiger partial charge on any atom is 0.317 e. The van der Waals surface area contributed by atoms with E-state index in [9.17, 15) is 9.59 Å². The number of amides is 3. The molecule has 0 aromatic carbocycles. The zero-order valence-corrected chi connectivity index (χ0v) is 12.8. The lowest BCUT2D eigenvalue weighted by atomic mass is 9.97. The molecule has 2 heterocycles. The number of aryl methyl sites for hydroxylation is 1. The van der Waals surface area contributed by atoms with Gasteiger partial charge in [0.1, 0.15) is 5.01 Å². The van der Waals surface area contributed by atoms with Crippen molar-refractivity contribution in [1.82, 2.24) is 20.4 Å². The van der Waals surface area contributed by atoms with E-state index in [0.717, 1.165) is 37.2 Å². The number of carbonyl (C=O) groups is 2. The van der Waals surface area contributed by atoms with E-state index >= 15 is 0 Å². The number of nitrogens with zero attached hydrogens (tertiary/aromatic N) is 3. The van der Waals surface area contributed by atoms with Crippen molar-refractivity contribution in [2.45, 2.75) is 38.6 Å². The Balaban J connectivity index is 1.54. The first kappa shape index (κ1) is 14.2. The molecule has 2 fully saturated rings. The van der Waals surface area contributed by atoms with Gasteiger partial charge in [-0.1, -0.05) is 11.3 Å². The molecule has 3 amide bonds. The van der Waals surface area contributed by atoms with E-state index < -0.39 is 0 Å². The van der Waals surface area contributed by atoms with Gasteiger partial charge in [-0.2, -0.15) is 0 Å². The molecule has 1 atom stereocenters. The normalized spacial score (nSPS) is 22.0. The molecule has 1 saturated carbocycles. The largest absolute Gasteiger partial charge is 0.335 e. The summed E-state index contributed by atoms with van der Waals surface area (Å²) in [6.45, 7) is 3.04. The van der Waals surface area contributed by atoms with E-state index in [-0.39, 0.29) is 17.9 Å². The number of aromatic nitrogens is 2. The Labute approximate surface area is 127 Å². The maximum absolute atomic E-state index is 12.2. The summed E-state index contributed by atoms with van der Waals surface area (Å²) in [5.41, 5.74) is 0. The molecule has 1 aromatic rings. The van der Waals surface area contributed by atoms with Crippen molar-refractivity contribution >= 4 is 28.4 Å². The number of anilines is 1. The van der Waals surface area contributed by atoms with Crippen LogP contribution < -0.4 is 10.6 Å². The van der Waals surface area contributed by atoms with Gasteiger partial charge in [0.15, 0.2) is 0 Å². The Morgan fingerprint density at radius 3 is 2.76 bits per heavy atom. The van der Waals surface area contributed by atoms with Crippen molar-refractivity contribution in [2.75, 3.05) is 18.4 Å². The van der Waals surface area contributed by atoms with Crippen molar-refractivity contribution in [1.29, 1.82) is 0 Å². The molecule has 1 aliphatic heterocycles. The molecule has 7 nitrogen and oxygen atoms in total. The standard InChI is InChI=1S/C13H19N5O2S/c1-8-16-17-12(21-8)15-11(19)9-3-2-6-18(7-9)13(20)14-10-4-5-10/h9-10H,2-7H2,1H3,(H,14,20)(H,15,17,19). The van der Waals surface area contributed by atoms with Crippen LogP contribution in [0, 0.1) is 12.8 Å². The Morgan fingerprint density at radius 2 is 2.10 bits per heavy atom. The number of hydrogen-bond donors (Lipinski definition) is 2. The van der Waals surface area contributed by atoms with E-state index in [1.165, 1.54) is 11.3 Å². The summed E-state index contributed by atoms with van der Waals surface area (Å²) in [6, 6.07) is 0.304. The molecule has 0 radical (unpaired) electrons. The fourth-order valence-electron chi connectivity index (χ4n) is 2.42. The average Bonchev–Trinajstić information content (AvgIpc) is 3.20. The molecule has 114 valence electrons. The minimum absolute atomic E-state index is 0.0400. The summed E-state index contributed by atoms with van der Waals surface area (Å²) in [5.74, 6) is -0.247. The lowest BCUT2D eigenvalue weighted by Gasteiger charge is -2.31. The Hall–Kier alpha value is -1.70. The SMILES string of the molecule is Cc1nnc(NC(=O)C2CCCN(C(=O)NC3CC3)C2)s1. The molecule has 1 aliphatic carbocycles. The number of hydrogen-bond acceptors (Lipinski definition) is 5. The summed E-state index contributed by atoms with van der Waals surface area (Å²) >= 11 is 1.36. The first-order valence-electron chi connectivity index (χ1n) is 7.28. The van der Waals surface area contributed by atoms with Gasteiger partial charge in [-0.05, 0) is 32.6 Å². The predicted octanol–water partition coefficient (Wildman–Crippen LogP) is 1.37. The second kappa shape index (κ2) is 5.97. The third-order valence-electron chi connectivity index (χ3n) is 3.74. The minimum Gasteiger partial charge on any atom is -0.335 e. The molecule has 1 saturated heterocycles. The first-order valence-corrected chi connectivity index (χ1v) is 8.10. The second-order valence-corrected chi connectivity index (χ2v) is 6.81. The van der Waals surface area contributed by atoms with Crippen LogP contribution in [0.2, 0.25) is 0 Å². The van der Waals surface area contributed by atoms with Crippen molar-refractivity contribution in [3.63, 3.8) is 0 Å². The van der Waals surface area contributed by atoms with Gasteiger partial charge in [0.25, 0.3) is 0 Å². The average molecular weight is 309 g/mol. The molecule has 0 bridgehead atoms. The summed E-state index contributed by atoms with van der Waals surface area (Å²) in [4.78, 5) is 26.0. The highest BCUT2D eigenvalue weighted by Gasteiger charge is 2.31. The fourth-order valence-corrected chi connectivity index (χ4v) is 3.02. The van der Waals surface area contributed by atoms with Gasteiger partial charge in [-0.25, -0.2) is 4.79 Å². The lowest BCUT2D eigenvalue weighted by Crippen LogP contribution is -2.48. The lowest BCUT2D eigenvalue weighted by molar-refractivity contribution is -0.121. The van der Waals surface area contributed by atoms with E-state index in [1.54, 1.807) is 4.90 Å². The quantitative estimate of drug-likeness (QED) is 0.883. The topological polar surface area (TPSA) is 87.2 Å². The fraction of sp³-hybridized carbons (Fsp3) is 0.692. The van der Waals surface area contributed by atoms with Crippen LogP contribution in [0.15, 0.2) is 0 Å². The van der Waals surface area contributed by atoms with Crippen LogP contribution in [0.1, 0.15) is 30.7 Å². The Bertz CT molecular complexity index is 542. The number of nitrogens with one attached hydrogen (secondary N) is 2. The Kier molecular flexibility index (Phi) is 4.05. The van der Waals surface area contributed by atoms with E-state index in [4.69, 9.17) is 0 Å². The number of likely N-dealkylation sites (tertiary alicyclic amines) is 1. The van der Waals surface area contributed by atoms with Crippen LogP contribution in [-0.4, -0.2) is 46.2 Å². The highest BCUT2D eigenvalue weighted by molar-refractivity contribution is 7.15. The molecule has 3 rings (SSSR count). The number of piperidine rings is 1. The Morgan fingerprint density at radius 1 is 1.29 bits per heavy atom. The summed E-state index contributed by atoms with van der Waals surface area (Å²) < 4.78 is 0. The van der Waals surface area contributed by atoms with Crippen LogP contribution in [0.4, 0.5) is 9.93 Å². The van der Waals surface area contributed by atoms with Gasteiger partial charge < -0.3 is 15.5 Å². The molecular weight excluding hydrogens is 290 g/mol. The van der Waals surface area contributed by atoms with Gasteiger partial charge in [-0.3, -0.25) is 4.79 Å². The number of carbonyl (C=O) groups excluding carboxylic acids is 2. The van der Waals surface area contributed by atoms with Crippen molar-refractivity contribution in [3.05, 3.63) is 5.01 Å². The molecule has 21 heavy (non-hydrogen) atoms. The zero-order valence-electron chi connectivity index (χ0n) is 12.0. The predicted molar refractivity (Wildman–Crippen MR) is 79.1 cm³/mol. The van der Waals surface area contributed by atoms with Crippen molar-refractivity contribution in [3.8, 4) is 0 Å². The maximum atomic E-state index is 12.2. The molecule has 1 aromatic heterocycles. The smallest absolute Gasteiger partial charge is 0.317 e. The van der Waals surface area contributed by atoms with E-state index in [2.05, 4.69) is 20.8 Å². The van der Waals surface area contributed by atoms with Gasteiger partial charge in [0.2, 0.25) is 11.0 Å². The number of urea groups is 1. The van der Waals surface area contributed by atoms with Gasteiger partial charge in [0, 0.05) is 19.1 Å². The van der Waals surface area contributed by atoms with Crippen LogP contribution in [0.25, 0.3) is 0 Å². The molecule has 2 aliphatic rings. The highest BCUT2D eigenvalue weighted by Crippen LogP contribution is 2.22. The highest BCUT2D eigenvalue weighted by atomic mass is 32.1. The molecule has 1 unspecified atom stereocenters. The van der Waals surface area contributed by atoms with Crippen LogP contribution in [0.5, 0.6) is 0 Å². The van der Waals surface area contributed by atoms with Crippen molar-refractivity contribution < 1.29 is 9.59 Å². The van der Waals surface area contributed by atoms with E-state index in [1.807, 2.05) is 6.92 Å². The zero-order chi connectivity index (χ0) is 14.8. The van der Waals surface area contributed by atoms with Gasteiger partial charge in [-0.15, -0.1) is 10.2 Å².